The van der Waals surface area contributed by atoms with E-state index in [9.17, 15) is 13.2 Å². The Kier molecular flexibility index (Phi) is 4.69. The van der Waals surface area contributed by atoms with E-state index in [1.807, 2.05) is 19.1 Å². The summed E-state index contributed by atoms with van der Waals surface area (Å²) in [6.45, 7) is 1.93. The lowest BCUT2D eigenvalue weighted by molar-refractivity contribution is -0.137. The number of ether oxygens (including phenoxy) is 1. The number of aromatic nitrogens is 1. The minimum Gasteiger partial charge on any atom is -0.501 e. The zero-order valence-corrected chi connectivity index (χ0v) is 15.6. The van der Waals surface area contributed by atoms with Crippen LogP contribution in [0.1, 0.15) is 35.4 Å². The predicted molar refractivity (Wildman–Crippen MR) is 99.6 cm³/mol. The molecule has 28 heavy (non-hydrogen) atoms. The summed E-state index contributed by atoms with van der Waals surface area (Å²) < 4.78 is 49.5. The van der Waals surface area contributed by atoms with Crippen molar-refractivity contribution in [2.24, 2.45) is 5.92 Å². The Morgan fingerprint density at radius 3 is 2.61 bits per heavy atom. The fourth-order valence-corrected chi connectivity index (χ4v) is 4.07. The molecule has 0 saturated carbocycles. The number of nitrogens with zero attached hydrogens (tertiary/aromatic N) is 1. The fraction of sp³-hybridized carbons (Fsp3) is 0.381. The van der Waals surface area contributed by atoms with Crippen molar-refractivity contribution in [2.45, 2.75) is 38.4 Å². The first-order valence-corrected chi connectivity index (χ1v) is 9.21. The molecule has 0 radical (unpaired) electrons. The van der Waals surface area contributed by atoms with Gasteiger partial charge in [0.1, 0.15) is 5.76 Å². The molecule has 0 spiro atoms. The molecule has 1 aromatic carbocycles. The number of halogens is 3. The Labute approximate surface area is 161 Å². The van der Waals surface area contributed by atoms with E-state index >= 15 is 0 Å². The van der Waals surface area contributed by atoms with Crippen molar-refractivity contribution in [3.8, 4) is 0 Å². The van der Waals surface area contributed by atoms with Gasteiger partial charge in [-0.3, -0.25) is 0 Å². The van der Waals surface area contributed by atoms with Crippen molar-refractivity contribution in [2.75, 3.05) is 12.4 Å². The molecule has 0 bridgehead atoms. The predicted octanol–water partition coefficient (Wildman–Crippen LogP) is 5.36. The molecule has 0 saturated heterocycles. The van der Waals surface area contributed by atoms with Crippen LogP contribution >= 0.6 is 0 Å². The quantitative estimate of drug-likeness (QED) is 0.766. The van der Waals surface area contributed by atoms with Gasteiger partial charge < -0.3 is 14.6 Å². The number of anilines is 1. The summed E-state index contributed by atoms with van der Waals surface area (Å²) in [7, 11) is 1.65. The van der Waals surface area contributed by atoms with Crippen LogP contribution < -0.4 is 5.32 Å². The van der Waals surface area contributed by atoms with Gasteiger partial charge >= 0.3 is 6.18 Å². The van der Waals surface area contributed by atoms with Crippen molar-refractivity contribution in [1.82, 2.24) is 5.16 Å². The highest BCUT2D eigenvalue weighted by atomic mass is 19.4. The molecule has 1 aromatic heterocycles. The average Bonchev–Trinajstić information content (AvgIpc) is 2.96. The molecule has 2 unspecified atom stereocenters. The minimum atomic E-state index is -4.34. The van der Waals surface area contributed by atoms with Crippen LogP contribution in [0.2, 0.25) is 0 Å². The van der Waals surface area contributed by atoms with Gasteiger partial charge in [0.25, 0.3) is 0 Å². The molecule has 4 rings (SSSR count). The van der Waals surface area contributed by atoms with Crippen LogP contribution in [0.3, 0.4) is 0 Å². The smallest absolute Gasteiger partial charge is 0.416 e. The second kappa shape index (κ2) is 7.04. The lowest BCUT2D eigenvalue weighted by Gasteiger charge is -2.31. The van der Waals surface area contributed by atoms with Crippen molar-refractivity contribution >= 4 is 11.3 Å². The maximum absolute atomic E-state index is 12.8. The molecule has 2 atom stereocenters. The van der Waals surface area contributed by atoms with Crippen molar-refractivity contribution in [3.63, 3.8) is 0 Å². The third-order valence-electron chi connectivity index (χ3n) is 5.49. The SMILES string of the molecule is COC1=CC=C2c3c(C)noc3CCC(Nc3ccc(C(F)(F)F)cc3)C2C1. The Hall–Kier alpha value is -2.70. The van der Waals surface area contributed by atoms with E-state index in [1.54, 1.807) is 7.11 Å². The number of hydrogen-bond donors (Lipinski definition) is 1. The fourth-order valence-electron chi connectivity index (χ4n) is 4.07. The van der Waals surface area contributed by atoms with Crippen molar-refractivity contribution in [1.29, 1.82) is 0 Å². The number of benzene rings is 1. The van der Waals surface area contributed by atoms with Gasteiger partial charge in [0.2, 0.25) is 0 Å². The number of rotatable bonds is 3. The summed E-state index contributed by atoms with van der Waals surface area (Å²) >= 11 is 0. The van der Waals surface area contributed by atoms with Crippen LogP contribution in [0.15, 0.2) is 46.7 Å². The molecule has 1 N–H and O–H groups in total. The first kappa shape index (κ1) is 18.7. The maximum atomic E-state index is 12.8. The topological polar surface area (TPSA) is 47.3 Å². The summed E-state index contributed by atoms with van der Waals surface area (Å²) in [5.74, 6) is 1.85. The van der Waals surface area contributed by atoms with Gasteiger partial charge in [0.15, 0.2) is 0 Å². The molecule has 148 valence electrons. The lowest BCUT2D eigenvalue weighted by atomic mass is 9.81. The van der Waals surface area contributed by atoms with Gasteiger partial charge in [0, 0.05) is 36.1 Å². The van der Waals surface area contributed by atoms with Crippen LogP contribution in [-0.4, -0.2) is 18.3 Å². The number of allylic oxidation sites excluding steroid dienone is 3. The van der Waals surface area contributed by atoms with Gasteiger partial charge in [-0.05, 0) is 49.3 Å². The molecule has 0 fully saturated rings. The van der Waals surface area contributed by atoms with E-state index in [0.717, 1.165) is 46.9 Å². The third kappa shape index (κ3) is 3.41. The van der Waals surface area contributed by atoms with Gasteiger partial charge in [0.05, 0.1) is 24.1 Å². The summed E-state index contributed by atoms with van der Waals surface area (Å²) in [6, 6.07) is 5.21. The zero-order chi connectivity index (χ0) is 19.9. The van der Waals surface area contributed by atoms with Crippen LogP contribution in [-0.2, 0) is 17.3 Å². The van der Waals surface area contributed by atoms with Gasteiger partial charge in [-0.2, -0.15) is 13.2 Å². The zero-order valence-electron chi connectivity index (χ0n) is 15.6. The Bertz CT molecular complexity index is 926. The lowest BCUT2D eigenvalue weighted by Crippen LogP contribution is -2.31. The highest BCUT2D eigenvalue weighted by Gasteiger charge is 2.36. The largest absolute Gasteiger partial charge is 0.501 e. The van der Waals surface area contributed by atoms with E-state index in [2.05, 4.69) is 10.5 Å². The monoisotopic (exact) mass is 390 g/mol. The van der Waals surface area contributed by atoms with Gasteiger partial charge in [-0.1, -0.05) is 11.2 Å². The molecule has 0 amide bonds. The van der Waals surface area contributed by atoms with E-state index in [1.165, 1.54) is 12.1 Å². The molecule has 2 aromatic rings. The number of hydrogen-bond acceptors (Lipinski definition) is 4. The first-order valence-electron chi connectivity index (χ1n) is 9.21. The number of alkyl halides is 3. The van der Waals surface area contributed by atoms with Gasteiger partial charge in [-0.15, -0.1) is 0 Å². The van der Waals surface area contributed by atoms with Crippen LogP contribution in [0, 0.1) is 12.8 Å². The second-order valence-corrected chi connectivity index (χ2v) is 7.20. The van der Waals surface area contributed by atoms with Crippen LogP contribution in [0.25, 0.3) is 5.57 Å². The standard InChI is InChI=1S/C21H21F3N2O2/c1-12-20-16-8-7-15(27-2)11-17(16)18(9-10-19(20)28-26-12)25-14-5-3-13(4-6-14)21(22,23)24/h3-8,17-18,25H,9-11H2,1-2H3. The highest BCUT2D eigenvalue weighted by Crippen LogP contribution is 2.42. The molecule has 4 nitrogen and oxygen atoms in total. The molecular formula is C21H21F3N2O2. The van der Waals surface area contributed by atoms with E-state index in [4.69, 9.17) is 9.26 Å². The third-order valence-corrected chi connectivity index (χ3v) is 5.49. The van der Waals surface area contributed by atoms with Gasteiger partial charge in [-0.25, -0.2) is 0 Å². The molecule has 0 aliphatic heterocycles. The van der Waals surface area contributed by atoms with Crippen LogP contribution in [0.5, 0.6) is 0 Å². The Balaban J connectivity index is 1.64. The normalized spacial score (nSPS) is 21.8. The summed E-state index contributed by atoms with van der Waals surface area (Å²) in [5.41, 5.74) is 3.06. The Morgan fingerprint density at radius 2 is 1.93 bits per heavy atom. The van der Waals surface area contributed by atoms with Crippen LogP contribution in [0.4, 0.5) is 18.9 Å². The number of methoxy groups -OCH3 is 1. The molecule has 2 aliphatic rings. The van der Waals surface area contributed by atoms with E-state index < -0.39 is 11.7 Å². The van der Waals surface area contributed by atoms with E-state index in [-0.39, 0.29) is 12.0 Å². The molecule has 7 heteroatoms. The number of nitrogens with one attached hydrogen (secondary N) is 1. The summed E-state index contributed by atoms with van der Waals surface area (Å²) in [6.07, 6.45) is 1.87. The summed E-state index contributed by atoms with van der Waals surface area (Å²) in [4.78, 5) is 0. The molecule has 2 aliphatic carbocycles. The maximum Gasteiger partial charge on any atom is 0.416 e. The van der Waals surface area contributed by atoms with E-state index in [0.29, 0.717) is 18.5 Å². The number of aryl methyl sites for hydroxylation is 2. The Morgan fingerprint density at radius 1 is 1.18 bits per heavy atom. The molecular weight excluding hydrogens is 369 g/mol. The summed E-state index contributed by atoms with van der Waals surface area (Å²) in [5, 5.41) is 7.55. The highest BCUT2D eigenvalue weighted by molar-refractivity contribution is 5.75. The second-order valence-electron chi connectivity index (χ2n) is 7.20. The number of fused-ring (bicyclic) bond motifs is 3. The van der Waals surface area contributed by atoms with Crippen molar-refractivity contribution < 1.29 is 22.4 Å². The first-order chi connectivity index (χ1) is 13.4. The molecule has 1 heterocycles. The average molecular weight is 390 g/mol. The minimum absolute atomic E-state index is 0.0313. The van der Waals surface area contributed by atoms with Crippen molar-refractivity contribution in [3.05, 3.63) is 64.8 Å².